The van der Waals surface area contributed by atoms with Crippen molar-refractivity contribution in [1.29, 1.82) is 0 Å². The number of piperidine rings is 1. The van der Waals surface area contributed by atoms with E-state index in [1.807, 2.05) is 48.5 Å². The normalized spacial score (nSPS) is 16.2. The number of methoxy groups -OCH3 is 1. The monoisotopic (exact) mass is 418 g/mol. The molecule has 0 N–H and O–H groups in total. The molecule has 2 heterocycles. The molecule has 0 aliphatic carbocycles. The molecule has 0 saturated carbocycles. The number of hydrogen-bond acceptors (Lipinski definition) is 5. The average Bonchev–Trinajstić information content (AvgIpc) is 2.81. The third-order valence-electron chi connectivity index (χ3n) is 5.66. The lowest BCUT2D eigenvalue weighted by Crippen LogP contribution is -2.41. The quantitative estimate of drug-likeness (QED) is 0.577. The van der Waals surface area contributed by atoms with Crippen LogP contribution in [0, 0.1) is 5.92 Å². The minimum absolute atomic E-state index is 0.145. The number of likely N-dealkylation sites (tertiary alicyclic amines) is 1. The van der Waals surface area contributed by atoms with Crippen molar-refractivity contribution in [2.45, 2.75) is 19.8 Å². The molecule has 0 bridgehead atoms. The first-order chi connectivity index (χ1) is 15.0. The van der Waals surface area contributed by atoms with Gasteiger partial charge in [-0.05, 0) is 55.2 Å². The van der Waals surface area contributed by atoms with Crippen LogP contribution in [0.2, 0.25) is 0 Å². The number of aromatic nitrogens is 1. The molecule has 1 amide bonds. The summed E-state index contributed by atoms with van der Waals surface area (Å²) in [5, 5.41) is 0.698. The van der Waals surface area contributed by atoms with Gasteiger partial charge in [-0.15, -0.1) is 0 Å². The van der Waals surface area contributed by atoms with Crippen LogP contribution in [0.1, 0.15) is 30.1 Å². The van der Waals surface area contributed by atoms with Crippen LogP contribution < -0.4 is 4.74 Å². The van der Waals surface area contributed by atoms with Crippen LogP contribution in [-0.4, -0.2) is 48.6 Å². The smallest absolute Gasteiger partial charge is 0.339 e. The van der Waals surface area contributed by atoms with Crippen LogP contribution in [0.25, 0.3) is 22.2 Å². The average molecular weight is 418 g/mol. The van der Waals surface area contributed by atoms with Crippen molar-refractivity contribution in [2.75, 3.05) is 26.8 Å². The molecule has 160 valence electrons. The van der Waals surface area contributed by atoms with Crippen LogP contribution in [0.3, 0.4) is 0 Å². The van der Waals surface area contributed by atoms with Crippen LogP contribution in [0.15, 0.2) is 54.6 Å². The molecule has 3 aromatic rings. The second kappa shape index (κ2) is 9.16. The summed E-state index contributed by atoms with van der Waals surface area (Å²) in [5.41, 5.74) is 2.61. The summed E-state index contributed by atoms with van der Waals surface area (Å²) in [7, 11) is 1.61. The third kappa shape index (κ3) is 4.68. The van der Waals surface area contributed by atoms with Gasteiger partial charge < -0.3 is 14.4 Å². The van der Waals surface area contributed by atoms with E-state index in [4.69, 9.17) is 14.5 Å². The van der Waals surface area contributed by atoms with E-state index >= 15 is 0 Å². The van der Waals surface area contributed by atoms with E-state index < -0.39 is 5.97 Å². The van der Waals surface area contributed by atoms with Crippen molar-refractivity contribution in [3.63, 3.8) is 0 Å². The minimum atomic E-state index is -0.522. The molecule has 1 fully saturated rings. The molecule has 1 aliphatic heterocycles. The molecule has 0 spiro atoms. The zero-order chi connectivity index (χ0) is 21.8. The number of esters is 1. The molecule has 1 saturated heterocycles. The first-order valence-corrected chi connectivity index (χ1v) is 10.5. The number of nitrogens with zero attached hydrogens (tertiary/aromatic N) is 2. The Hall–Kier alpha value is -3.41. The van der Waals surface area contributed by atoms with Crippen molar-refractivity contribution in [1.82, 2.24) is 9.88 Å². The van der Waals surface area contributed by atoms with E-state index in [0.29, 0.717) is 28.1 Å². The topological polar surface area (TPSA) is 68.7 Å². The molecular formula is C25H26N2O4. The Labute approximate surface area is 181 Å². The highest BCUT2D eigenvalue weighted by Crippen LogP contribution is 2.27. The number of pyridine rings is 1. The van der Waals surface area contributed by atoms with Gasteiger partial charge in [0.2, 0.25) is 0 Å². The number of ether oxygens (including phenoxy) is 2. The number of rotatable bonds is 5. The summed E-state index contributed by atoms with van der Waals surface area (Å²) < 4.78 is 10.7. The van der Waals surface area contributed by atoms with Gasteiger partial charge in [0, 0.05) is 24.0 Å². The zero-order valence-electron chi connectivity index (χ0n) is 17.8. The minimum Gasteiger partial charge on any atom is -0.497 e. The second-order valence-corrected chi connectivity index (χ2v) is 7.96. The highest BCUT2D eigenvalue weighted by Gasteiger charge is 2.23. The van der Waals surface area contributed by atoms with Gasteiger partial charge >= 0.3 is 5.97 Å². The number of benzene rings is 2. The Balaban J connectivity index is 1.58. The molecule has 0 unspecified atom stereocenters. The van der Waals surface area contributed by atoms with Gasteiger partial charge in [-0.1, -0.05) is 25.1 Å². The summed E-state index contributed by atoms with van der Waals surface area (Å²) >= 11 is 0. The molecule has 4 rings (SSSR count). The van der Waals surface area contributed by atoms with E-state index in [1.165, 1.54) is 0 Å². The lowest BCUT2D eigenvalue weighted by atomic mass is 10.0. The van der Waals surface area contributed by atoms with Gasteiger partial charge in [0.15, 0.2) is 6.61 Å². The molecule has 1 aromatic heterocycles. The SMILES string of the molecule is COc1ccc(-c2cc(C(=O)OCC(=O)N3CCC[C@@H](C)C3)c3ccccc3n2)cc1. The molecule has 6 heteroatoms. The molecule has 2 aromatic carbocycles. The Morgan fingerprint density at radius 3 is 2.65 bits per heavy atom. The van der Waals surface area contributed by atoms with Gasteiger partial charge in [0.05, 0.1) is 23.9 Å². The number of hydrogen-bond donors (Lipinski definition) is 0. The fourth-order valence-electron chi connectivity index (χ4n) is 3.97. The third-order valence-corrected chi connectivity index (χ3v) is 5.66. The van der Waals surface area contributed by atoms with Crippen molar-refractivity contribution >= 4 is 22.8 Å². The predicted molar refractivity (Wildman–Crippen MR) is 119 cm³/mol. The molecular weight excluding hydrogens is 392 g/mol. The van der Waals surface area contributed by atoms with Crippen molar-refractivity contribution in [3.8, 4) is 17.0 Å². The standard InChI is InChI=1S/C25H26N2O4/c1-17-6-5-13-27(15-17)24(28)16-31-25(29)21-14-23(18-9-11-19(30-2)12-10-18)26-22-8-4-3-7-20(21)22/h3-4,7-12,14,17H,5-6,13,15-16H2,1-2H3/t17-/m1/s1. The molecule has 31 heavy (non-hydrogen) atoms. The van der Waals surface area contributed by atoms with E-state index in [2.05, 4.69) is 6.92 Å². The number of para-hydroxylation sites is 1. The summed E-state index contributed by atoms with van der Waals surface area (Å²) in [6, 6.07) is 16.6. The van der Waals surface area contributed by atoms with Gasteiger partial charge in [0.25, 0.3) is 5.91 Å². The van der Waals surface area contributed by atoms with Crippen LogP contribution in [0.5, 0.6) is 5.75 Å². The highest BCUT2D eigenvalue weighted by atomic mass is 16.5. The maximum absolute atomic E-state index is 13.0. The first kappa shape index (κ1) is 20.8. The molecule has 1 atom stereocenters. The fraction of sp³-hybridized carbons (Fsp3) is 0.320. The summed E-state index contributed by atoms with van der Waals surface area (Å²) in [6.45, 7) is 3.33. The number of carbonyl (C=O) groups is 2. The van der Waals surface area contributed by atoms with Gasteiger partial charge in [-0.3, -0.25) is 4.79 Å². The van der Waals surface area contributed by atoms with E-state index in [9.17, 15) is 9.59 Å². The number of fused-ring (bicyclic) bond motifs is 1. The number of carbonyl (C=O) groups excluding carboxylic acids is 2. The van der Waals surface area contributed by atoms with Crippen LogP contribution >= 0.6 is 0 Å². The summed E-state index contributed by atoms with van der Waals surface area (Å²) in [6.07, 6.45) is 2.11. The van der Waals surface area contributed by atoms with Crippen molar-refractivity contribution < 1.29 is 19.1 Å². The largest absolute Gasteiger partial charge is 0.497 e. The first-order valence-electron chi connectivity index (χ1n) is 10.5. The molecule has 1 aliphatic rings. The van der Waals surface area contributed by atoms with E-state index in [1.54, 1.807) is 18.1 Å². The predicted octanol–water partition coefficient (Wildman–Crippen LogP) is 4.33. The lowest BCUT2D eigenvalue weighted by Gasteiger charge is -2.30. The van der Waals surface area contributed by atoms with Crippen LogP contribution in [-0.2, 0) is 9.53 Å². The van der Waals surface area contributed by atoms with Gasteiger partial charge in [-0.2, -0.15) is 0 Å². The summed E-state index contributed by atoms with van der Waals surface area (Å²) in [5.74, 6) is 0.555. The Morgan fingerprint density at radius 1 is 1.13 bits per heavy atom. The van der Waals surface area contributed by atoms with E-state index in [0.717, 1.165) is 37.2 Å². The second-order valence-electron chi connectivity index (χ2n) is 7.96. The maximum Gasteiger partial charge on any atom is 0.339 e. The maximum atomic E-state index is 13.0. The number of amides is 1. The Bertz CT molecular complexity index is 1090. The molecule has 0 radical (unpaired) electrons. The Kier molecular flexibility index (Phi) is 6.16. The Morgan fingerprint density at radius 2 is 1.90 bits per heavy atom. The van der Waals surface area contributed by atoms with Gasteiger partial charge in [0.1, 0.15) is 5.75 Å². The van der Waals surface area contributed by atoms with Crippen LogP contribution in [0.4, 0.5) is 0 Å². The molecule has 6 nitrogen and oxygen atoms in total. The lowest BCUT2D eigenvalue weighted by molar-refractivity contribution is -0.136. The zero-order valence-corrected chi connectivity index (χ0v) is 17.8. The van der Waals surface area contributed by atoms with E-state index in [-0.39, 0.29) is 12.5 Å². The fourth-order valence-corrected chi connectivity index (χ4v) is 3.97. The highest BCUT2D eigenvalue weighted by molar-refractivity contribution is 6.05. The van der Waals surface area contributed by atoms with Crippen molar-refractivity contribution in [3.05, 3.63) is 60.2 Å². The summed E-state index contributed by atoms with van der Waals surface area (Å²) in [4.78, 5) is 32.0. The van der Waals surface area contributed by atoms with Crippen molar-refractivity contribution in [2.24, 2.45) is 5.92 Å². The van der Waals surface area contributed by atoms with Gasteiger partial charge in [-0.25, -0.2) is 9.78 Å².